The first-order valence-electron chi connectivity index (χ1n) is 9.22. The van der Waals surface area contributed by atoms with Crippen LogP contribution in [0.5, 0.6) is 5.75 Å². The minimum atomic E-state index is -1.18. The number of benzene rings is 1. The number of likely N-dealkylation sites (tertiary alicyclic amines) is 1. The largest absolute Gasteiger partial charge is 0.478 e. The number of nitrogens with zero attached hydrogens (tertiary/aromatic N) is 1. The molecule has 1 aromatic carbocycles. The Hall–Kier alpha value is -2.37. The molecule has 1 amide bonds. The SMILES string of the molecule is Cc1ccc2c(c1)O[C@@]1(CCN(C(=O)OCC3CC3)[C@@H](C)C1)C(=O)C2=O. The fourth-order valence-electron chi connectivity index (χ4n) is 3.83. The number of ether oxygens (including phenoxy) is 2. The minimum absolute atomic E-state index is 0.237. The average Bonchev–Trinajstić information content (AvgIpc) is 3.42. The van der Waals surface area contributed by atoms with Crippen molar-refractivity contribution in [3.05, 3.63) is 29.3 Å². The van der Waals surface area contributed by atoms with Crippen LogP contribution in [0.15, 0.2) is 18.2 Å². The molecule has 6 heteroatoms. The first kappa shape index (κ1) is 17.1. The van der Waals surface area contributed by atoms with Crippen LogP contribution in [0.2, 0.25) is 0 Å². The molecule has 0 bridgehead atoms. The smallest absolute Gasteiger partial charge is 0.410 e. The molecule has 0 radical (unpaired) electrons. The van der Waals surface area contributed by atoms with E-state index in [1.54, 1.807) is 23.1 Å². The molecule has 138 valence electrons. The van der Waals surface area contributed by atoms with E-state index in [0.29, 0.717) is 43.2 Å². The Bertz CT molecular complexity index is 784. The van der Waals surface area contributed by atoms with Gasteiger partial charge in [0.05, 0.1) is 12.2 Å². The van der Waals surface area contributed by atoms with Crippen molar-refractivity contribution in [3.63, 3.8) is 0 Å². The number of rotatable bonds is 2. The quantitative estimate of drug-likeness (QED) is 0.761. The van der Waals surface area contributed by atoms with E-state index in [2.05, 4.69) is 0 Å². The summed E-state index contributed by atoms with van der Waals surface area (Å²) in [7, 11) is 0. The number of Topliss-reactive ketones (excluding diaryl/α,β-unsaturated/α-hetero) is 2. The number of carbonyl (C=O) groups is 3. The number of aryl methyl sites for hydroxylation is 1. The summed E-state index contributed by atoms with van der Waals surface area (Å²) in [4.78, 5) is 39.3. The Balaban J connectivity index is 1.52. The van der Waals surface area contributed by atoms with E-state index in [0.717, 1.165) is 18.4 Å². The normalized spacial score (nSPS) is 27.9. The van der Waals surface area contributed by atoms with E-state index in [1.165, 1.54) is 0 Å². The summed E-state index contributed by atoms with van der Waals surface area (Å²) in [5.41, 5.74) is 0.116. The van der Waals surface area contributed by atoms with Crippen molar-refractivity contribution in [2.45, 2.75) is 51.2 Å². The minimum Gasteiger partial charge on any atom is -0.478 e. The molecule has 1 saturated carbocycles. The number of hydrogen-bond acceptors (Lipinski definition) is 5. The van der Waals surface area contributed by atoms with Crippen LogP contribution in [0.3, 0.4) is 0 Å². The highest BCUT2D eigenvalue weighted by atomic mass is 16.6. The van der Waals surface area contributed by atoms with E-state index >= 15 is 0 Å². The van der Waals surface area contributed by atoms with Gasteiger partial charge in [-0.05, 0) is 50.3 Å². The molecule has 6 nitrogen and oxygen atoms in total. The van der Waals surface area contributed by atoms with Gasteiger partial charge in [-0.3, -0.25) is 9.59 Å². The zero-order chi connectivity index (χ0) is 18.5. The van der Waals surface area contributed by atoms with Crippen LogP contribution in [0, 0.1) is 12.8 Å². The number of fused-ring (bicyclic) bond motifs is 1. The Kier molecular flexibility index (Phi) is 4.01. The molecular formula is C20H23NO5. The van der Waals surface area contributed by atoms with Gasteiger partial charge in [0.1, 0.15) is 5.75 Å². The second kappa shape index (κ2) is 6.11. The van der Waals surface area contributed by atoms with Gasteiger partial charge in [-0.15, -0.1) is 0 Å². The van der Waals surface area contributed by atoms with Crippen LogP contribution in [0.25, 0.3) is 0 Å². The van der Waals surface area contributed by atoms with Crippen LogP contribution in [-0.4, -0.2) is 47.4 Å². The number of ketones is 2. The average molecular weight is 357 g/mol. The van der Waals surface area contributed by atoms with Gasteiger partial charge in [0.15, 0.2) is 5.60 Å². The van der Waals surface area contributed by atoms with Crippen molar-refractivity contribution in [1.29, 1.82) is 0 Å². The monoisotopic (exact) mass is 357 g/mol. The molecule has 2 atom stereocenters. The summed E-state index contributed by atoms with van der Waals surface area (Å²) < 4.78 is 11.4. The zero-order valence-corrected chi connectivity index (χ0v) is 15.1. The molecule has 1 aromatic rings. The summed E-state index contributed by atoms with van der Waals surface area (Å²) in [5.74, 6) is -0.0347. The van der Waals surface area contributed by atoms with Gasteiger partial charge in [-0.25, -0.2) is 4.79 Å². The summed E-state index contributed by atoms with van der Waals surface area (Å²) in [5, 5.41) is 0. The molecular weight excluding hydrogens is 334 g/mol. The predicted molar refractivity (Wildman–Crippen MR) is 93.3 cm³/mol. The van der Waals surface area contributed by atoms with Crippen molar-refractivity contribution >= 4 is 17.7 Å². The van der Waals surface area contributed by atoms with E-state index in [-0.39, 0.29) is 12.1 Å². The molecule has 3 aliphatic rings. The fourth-order valence-corrected chi connectivity index (χ4v) is 3.83. The standard InChI is InChI=1S/C20H23NO5/c1-12-3-6-15-16(9-12)26-20(18(23)17(15)22)7-8-21(13(2)10-20)19(24)25-11-14-4-5-14/h3,6,9,13-14H,4-5,7-8,10-11H2,1-2H3/t13-,20+/m0/s1. The molecule has 2 aliphatic heterocycles. The summed E-state index contributed by atoms with van der Waals surface area (Å²) in [6, 6.07) is 5.00. The number of piperidine rings is 1. The zero-order valence-electron chi connectivity index (χ0n) is 15.1. The van der Waals surface area contributed by atoms with Crippen molar-refractivity contribution in [2.24, 2.45) is 5.92 Å². The second-order valence-electron chi connectivity index (χ2n) is 7.77. The molecule has 4 rings (SSSR count). The van der Waals surface area contributed by atoms with Gasteiger partial charge < -0.3 is 14.4 Å². The number of hydrogen-bond donors (Lipinski definition) is 0. The molecule has 0 N–H and O–H groups in total. The van der Waals surface area contributed by atoms with Crippen LogP contribution in [-0.2, 0) is 9.53 Å². The third-order valence-electron chi connectivity index (χ3n) is 5.59. The first-order valence-corrected chi connectivity index (χ1v) is 9.22. The second-order valence-corrected chi connectivity index (χ2v) is 7.77. The lowest BCUT2D eigenvalue weighted by Crippen LogP contribution is -2.60. The molecule has 1 spiro atoms. The van der Waals surface area contributed by atoms with Crippen LogP contribution in [0.4, 0.5) is 4.79 Å². The number of carbonyl (C=O) groups excluding carboxylic acids is 3. The third-order valence-corrected chi connectivity index (χ3v) is 5.59. The highest BCUT2D eigenvalue weighted by Crippen LogP contribution is 2.39. The Morgan fingerprint density at radius 2 is 2.12 bits per heavy atom. The predicted octanol–water partition coefficient (Wildman–Crippen LogP) is 2.91. The topological polar surface area (TPSA) is 72.9 Å². The summed E-state index contributed by atoms with van der Waals surface area (Å²) >= 11 is 0. The van der Waals surface area contributed by atoms with Gasteiger partial charge >= 0.3 is 6.09 Å². The molecule has 1 saturated heterocycles. The Morgan fingerprint density at radius 1 is 1.35 bits per heavy atom. The summed E-state index contributed by atoms with van der Waals surface area (Å²) in [6.45, 7) is 4.59. The Labute approximate surface area is 152 Å². The fraction of sp³-hybridized carbons (Fsp3) is 0.550. The molecule has 0 unspecified atom stereocenters. The van der Waals surface area contributed by atoms with Crippen LogP contribution >= 0.6 is 0 Å². The van der Waals surface area contributed by atoms with Gasteiger partial charge in [-0.1, -0.05) is 6.07 Å². The lowest BCUT2D eigenvalue weighted by atomic mass is 9.78. The molecule has 2 heterocycles. The van der Waals surface area contributed by atoms with Crippen molar-refractivity contribution in [3.8, 4) is 5.75 Å². The van der Waals surface area contributed by atoms with Crippen LogP contribution in [0.1, 0.15) is 48.5 Å². The third kappa shape index (κ3) is 2.87. The summed E-state index contributed by atoms with van der Waals surface area (Å²) in [6.07, 6.45) is 2.49. The van der Waals surface area contributed by atoms with E-state index in [4.69, 9.17) is 9.47 Å². The maximum absolute atomic E-state index is 12.8. The molecule has 1 aliphatic carbocycles. The lowest BCUT2D eigenvalue weighted by Gasteiger charge is -2.45. The van der Waals surface area contributed by atoms with E-state index in [1.807, 2.05) is 13.8 Å². The highest BCUT2D eigenvalue weighted by molar-refractivity contribution is 6.47. The van der Waals surface area contributed by atoms with Gasteiger partial charge in [0, 0.05) is 25.4 Å². The lowest BCUT2D eigenvalue weighted by molar-refractivity contribution is -0.136. The highest BCUT2D eigenvalue weighted by Gasteiger charge is 2.53. The van der Waals surface area contributed by atoms with Crippen LogP contribution < -0.4 is 4.74 Å². The van der Waals surface area contributed by atoms with Crippen molar-refractivity contribution < 1.29 is 23.9 Å². The van der Waals surface area contributed by atoms with Gasteiger partial charge in [0.25, 0.3) is 0 Å². The van der Waals surface area contributed by atoms with Crippen molar-refractivity contribution in [1.82, 2.24) is 4.90 Å². The maximum atomic E-state index is 12.8. The number of amides is 1. The van der Waals surface area contributed by atoms with Crippen molar-refractivity contribution in [2.75, 3.05) is 13.2 Å². The molecule has 26 heavy (non-hydrogen) atoms. The van der Waals surface area contributed by atoms with E-state index < -0.39 is 17.2 Å². The van der Waals surface area contributed by atoms with Gasteiger partial charge in [-0.2, -0.15) is 0 Å². The van der Waals surface area contributed by atoms with E-state index in [9.17, 15) is 14.4 Å². The maximum Gasteiger partial charge on any atom is 0.410 e. The first-order chi connectivity index (χ1) is 12.4. The Morgan fingerprint density at radius 3 is 2.81 bits per heavy atom. The molecule has 2 fully saturated rings. The molecule has 0 aromatic heterocycles. The van der Waals surface area contributed by atoms with Gasteiger partial charge in [0.2, 0.25) is 11.6 Å².